The van der Waals surface area contributed by atoms with Crippen molar-refractivity contribution in [3.05, 3.63) is 45.7 Å². The molecular weight excluding hydrogens is 386 g/mol. The summed E-state index contributed by atoms with van der Waals surface area (Å²) in [6, 6.07) is 7.58. The highest BCUT2D eigenvalue weighted by molar-refractivity contribution is 9.10. The van der Waals surface area contributed by atoms with Crippen molar-refractivity contribution in [2.45, 2.75) is 25.2 Å². The Morgan fingerprint density at radius 2 is 2.28 bits per heavy atom. The second-order valence-electron chi connectivity index (χ2n) is 6.40. The van der Waals surface area contributed by atoms with E-state index in [2.05, 4.69) is 31.4 Å². The van der Waals surface area contributed by atoms with Gasteiger partial charge < -0.3 is 15.2 Å². The number of hydrogen-bond acceptors (Lipinski definition) is 4. The largest absolute Gasteiger partial charge is 0.496 e. The minimum atomic E-state index is -0.220. The van der Waals surface area contributed by atoms with E-state index in [0.717, 1.165) is 34.3 Å². The number of aromatic amines is 1. The lowest BCUT2D eigenvalue weighted by Gasteiger charge is -2.17. The van der Waals surface area contributed by atoms with Gasteiger partial charge in [-0.1, -0.05) is 15.9 Å². The second-order valence-corrected chi connectivity index (χ2v) is 7.32. The number of nitrogens with one attached hydrogen (secondary N) is 2. The van der Waals surface area contributed by atoms with Crippen LogP contribution in [0.3, 0.4) is 0 Å². The molecule has 1 aliphatic rings. The first kappa shape index (κ1) is 17.9. The van der Waals surface area contributed by atoms with Crippen molar-refractivity contribution in [3.63, 3.8) is 0 Å². The van der Waals surface area contributed by atoms with Gasteiger partial charge in [-0.05, 0) is 49.1 Å². The van der Waals surface area contributed by atoms with Gasteiger partial charge in [-0.25, -0.2) is 0 Å². The van der Waals surface area contributed by atoms with Gasteiger partial charge in [-0.15, -0.1) is 0 Å². The van der Waals surface area contributed by atoms with E-state index >= 15 is 0 Å². The Balaban J connectivity index is 1.58. The summed E-state index contributed by atoms with van der Waals surface area (Å²) in [7, 11) is 1.62. The summed E-state index contributed by atoms with van der Waals surface area (Å²) in [5.74, 6) is 0.981. The number of aliphatic hydroxyl groups excluding tert-OH is 1. The molecule has 134 valence electrons. The van der Waals surface area contributed by atoms with Gasteiger partial charge >= 0.3 is 0 Å². The number of amides is 1. The molecule has 1 heterocycles. The second kappa shape index (κ2) is 8.01. The van der Waals surface area contributed by atoms with Gasteiger partial charge in [0, 0.05) is 35.2 Å². The third-order valence-corrected chi connectivity index (χ3v) is 4.90. The Bertz CT molecular complexity index is 743. The third kappa shape index (κ3) is 4.61. The summed E-state index contributed by atoms with van der Waals surface area (Å²) >= 11 is 3.45. The van der Waals surface area contributed by atoms with E-state index in [-0.39, 0.29) is 18.4 Å². The quantitative estimate of drug-likeness (QED) is 0.627. The van der Waals surface area contributed by atoms with E-state index < -0.39 is 0 Å². The molecule has 2 aromatic rings. The van der Waals surface area contributed by atoms with Crippen molar-refractivity contribution in [3.8, 4) is 5.75 Å². The van der Waals surface area contributed by atoms with Gasteiger partial charge in [0.15, 0.2) is 0 Å². The summed E-state index contributed by atoms with van der Waals surface area (Å²) in [6.45, 7) is 0.348. The SMILES string of the molecule is COc1ccc(Br)cc1CC(CO)CNC(=O)c1cc(C2CC2)[nH]n1. The molecule has 0 radical (unpaired) electrons. The van der Waals surface area contributed by atoms with E-state index in [1.807, 2.05) is 24.3 Å². The van der Waals surface area contributed by atoms with E-state index in [4.69, 9.17) is 4.74 Å². The fourth-order valence-electron chi connectivity index (χ4n) is 2.80. The fourth-order valence-corrected chi connectivity index (χ4v) is 3.21. The standard InChI is InChI=1S/C18H22BrN3O3/c1-25-17-5-4-14(19)7-13(17)6-11(10-23)9-20-18(24)16-8-15(21-22-16)12-2-3-12/h4-5,7-8,11-12,23H,2-3,6,9-10H2,1H3,(H,20,24)(H,21,22). The zero-order valence-electron chi connectivity index (χ0n) is 14.1. The number of rotatable bonds is 8. The number of carbonyl (C=O) groups excluding carboxylic acids is 1. The summed E-state index contributed by atoms with van der Waals surface area (Å²) in [6.07, 6.45) is 2.92. The molecule has 3 N–H and O–H groups in total. The first-order chi connectivity index (χ1) is 12.1. The zero-order chi connectivity index (χ0) is 17.8. The molecule has 1 aromatic heterocycles. The van der Waals surface area contributed by atoms with Crippen LogP contribution in [0.5, 0.6) is 5.75 Å². The molecule has 0 aliphatic heterocycles. The van der Waals surface area contributed by atoms with Crippen LogP contribution in [0.15, 0.2) is 28.7 Å². The lowest BCUT2D eigenvalue weighted by molar-refractivity contribution is 0.0935. The molecular formula is C18H22BrN3O3. The molecule has 1 unspecified atom stereocenters. The monoisotopic (exact) mass is 407 g/mol. The first-order valence-electron chi connectivity index (χ1n) is 8.37. The first-order valence-corrected chi connectivity index (χ1v) is 9.16. The molecule has 1 aliphatic carbocycles. The highest BCUT2D eigenvalue weighted by atomic mass is 79.9. The average Bonchev–Trinajstić information content (AvgIpc) is 3.35. The molecule has 6 nitrogen and oxygen atoms in total. The van der Waals surface area contributed by atoms with Crippen LogP contribution < -0.4 is 10.1 Å². The van der Waals surface area contributed by atoms with Crippen LogP contribution in [-0.2, 0) is 6.42 Å². The number of carbonyl (C=O) groups is 1. The molecule has 1 atom stereocenters. The number of aliphatic hydroxyl groups is 1. The van der Waals surface area contributed by atoms with Crippen molar-refractivity contribution in [2.75, 3.05) is 20.3 Å². The lowest BCUT2D eigenvalue weighted by atomic mass is 9.99. The predicted octanol–water partition coefficient (Wildman–Crippen LogP) is 2.64. The molecule has 0 bridgehead atoms. The number of H-pyrrole nitrogens is 1. The number of nitrogens with zero attached hydrogens (tertiary/aromatic N) is 1. The van der Waals surface area contributed by atoms with E-state index in [9.17, 15) is 9.90 Å². The van der Waals surface area contributed by atoms with Gasteiger partial charge in [-0.3, -0.25) is 9.89 Å². The normalized spacial score (nSPS) is 15.0. The van der Waals surface area contributed by atoms with Crippen molar-refractivity contribution in [1.82, 2.24) is 15.5 Å². The Kier molecular flexibility index (Phi) is 5.75. The van der Waals surface area contributed by atoms with Gasteiger partial charge in [0.05, 0.1) is 7.11 Å². The Morgan fingerprint density at radius 1 is 1.48 bits per heavy atom. The van der Waals surface area contributed by atoms with Gasteiger partial charge in [0.1, 0.15) is 11.4 Å². The van der Waals surface area contributed by atoms with Crippen LogP contribution in [0.4, 0.5) is 0 Å². The van der Waals surface area contributed by atoms with Crippen LogP contribution in [0.25, 0.3) is 0 Å². The van der Waals surface area contributed by atoms with Crippen molar-refractivity contribution < 1.29 is 14.6 Å². The molecule has 1 fully saturated rings. The Hall–Kier alpha value is -1.86. The van der Waals surface area contributed by atoms with Crippen molar-refractivity contribution in [1.29, 1.82) is 0 Å². The summed E-state index contributed by atoms with van der Waals surface area (Å²) in [5.41, 5.74) is 2.42. The smallest absolute Gasteiger partial charge is 0.271 e. The molecule has 7 heteroatoms. The predicted molar refractivity (Wildman–Crippen MR) is 97.9 cm³/mol. The van der Waals surface area contributed by atoms with Crippen LogP contribution in [-0.4, -0.2) is 41.5 Å². The average molecular weight is 408 g/mol. The molecule has 25 heavy (non-hydrogen) atoms. The van der Waals surface area contributed by atoms with Gasteiger partial charge in [0.25, 0.3) is 5.91 Å². The minimum Gasteiger partial charge on any atom is -0.496 e. The maximum Gasteiger partial charge on any atom is 0.271 e. The Morgan fingerprint density at radius 3 is 2.96 bits per heavy atom. The van der Waals surface area contributed by atoms with Crippen molar-refractivity contribution in [2.24, 2.45) is 5.92 Å². The molecule has 1 saturated carbocycles. The highest BCUT2D eigenvalue weighted by Gasteiger charge is 2.26. The molecule has 3 rings (SSSR count). The van der Waals surface area contributed by atoms with E-state index in [1.165, 1.54) is 0 Å². The number of methoxy groups -OCH3 is 1. The number of benzene rings is 1. The number of ether oxygens (including phenoxy) is 1. The maximum absolute atomic E-state index is 12.2. The summed E-state index contributed by atoms with van der Waals surface area (Å²) in [4.78, 5) is 12.2. The number of hydrogen-bond donors (Lipinski definition) is 3. The number of aromatic nitrogens is 2. The van der Waals surface area contributed by atoms with Gasteiger partial charge in [0.2, 0.25) is 0 Å². The van der Waals surface area contributed by atoms with Gasteiger partial charge in [-0.2, -0.15) is 5.10 Å². The summed E-state index contributed by atoms with van der Waals surface area (Å²) in [5, 5.41) is 19.5. The highest BCUT2D eigenvalue weighted by Crippen LogP contribution is 2.38. The summed E-state index contributed by atoms with van der Waals surface area (Å²) < 4.78 is 6.32. The lowest BCUT2D eigenvalue weighted by Crippen LogP contribution is -2.32. The third-order valence-electron chi connectivity index (χ3n) is 4.41. The van der Waals surface area contributed by atoms with E-state index in [0.29, 0.717) is 24.6 Å². The topological polar surface area (TPSA) is 87.2 Å². The fraction of sp³-hybridized carbons (Fsp3) is 0.444. The van der Waals surface area contributed by atoms with E-state index in [1.54, 1.807) is 7.11 Å². The van der Waals surface area contributed by atoms with Crippen LogP contribution in [0, 0.1) is 5.92 Å². The Labute approximate surface area is 155 Å². The van der Waals surface area contributed by atoms with Crippen LogP contribution in [0.2, 0.25) is 0 Å². The van der Waals surface area contributed by atoms with Crippen molar-refractivity contribution >= 4 is 21.8 Å². The molecule has 1 amide bonds. The molecule has 0 saturated heterocycles. The number of halogens is 1. The minimum absolute atomic E-state index is 0.0240. The zero-order valence-corrected chi connectivity index (χ0v) is 15.7. The van der Waals surface area contributed by atoms with Crippen LogP contribution in [0.1, 0.15) is 40.5 Å². The molecule has 1 aromatic carbocycles. The maximum atomic E-state index is 12.2. The molecule has 0 spiro atoms. The van der Waals surface area contributed by atoms with Crippen LogP contribution >= 0.6 is 15.9 Å².